The molecule has 0 radical (unpaired) electrons. The van der Waals surface area contributed by atoms with Crippen LogP contribution in [0.5, 0.6) is 0 Å². The number of hydrogen-bond donors (Lipinski definition) is 3. The Hall–Kier alpha value is -3.68. The molecule has 2 aliphatic rings. The van der Waals surface area contributed by atoms with Gasteiger partial charge in [0.1, 0.15) is 5.83 Å². The van der Waals surface area contributed by atoms with Crippen molar-refractivity contribution in [3.63, 3.8) is 0 Å². The summed E-state index contributed by atoms with van der Waals surface area (Å²) in [5.74, 6) is -1.62. The van der Waals surface area contributed by atoms with Gasteiger partial charge in [0, 0.05) is 49.8 Å². The summed E-state index contributed by atoms with van der Waals surface area (Å²) < 4.78 is 53.7. The molecule has 39 heavy (non-hydrogen) atoms. The molecule has 3 N–H and O–H groups in total. The second-order valence-corrected chi connectivity index (χ2v) is 10.1. The molecule has 1 aromatic heterocycles. The van der Waals surface area contributed by atoms with Crippen molar-refractivity contribution in [2.24, 2.45) is 0 Å². The third-order valence-corrected chi connectivity index (χ3v) is 7.03. The number of carbonyl (C=O) groups excluding carboxylic acids is 1. The Balaban J connectivity index is 1.59. The molecule has 1 fully saturated rings. The molecule has 0 spiro atoms. The molecule has 0 atom stereocenters. The van der Waals surface area contributed by atoms with Gasteiger partial charge in [-0.3, -0.25) is 14.8 Å². The minimum Gasteiger partial charge on any atom is -0.367 e. The van der Waals surface area contributed by atoms with E-state index in [4.69, 9.17) is 0 Å². The molecule has 3 heterocycles. The van der Waals surface area contributed by atoms with Crippen LogP contribution < -0.4 is 21.3 Å². The summed E-state index contributed by atoms with van der Waals surface area (Å²) >= 11 is 1.46. The molecule has 4 rings (SSSR count). The van der Waals surface area contributed by atoms with Gasteiger partial charge in [0.2, 0.25) is 0 Å². The van der Waals surface area contributed by atoms with E-state index in [1.54, 1.807) is 39.8 Å². The topological polar surface area (TPSA) is 75.8 Å². The Labute approximate surface area is 227 Å². The monoisotopic (exact) mass is 563 g/mol. The van der Waals surface area contributed by atoms with E-state index in [-0.39, 0.29) is 11.3 Å². The fourth-order valence-electron chi connectivity index (χ4n) is 4.05. The van der Waals surface area contributed by atoms with E-state index >= 15 is 0 Å². The van der Waals surface area contributed by atoms with Crippen molar-refractivity contribution in [1.29, 1.82) is 0 Å². The highest BCUT2D eigenvalue weighted by atomic mass is 32.1. The number of likely N-dealkylation sites (N-methyl/N-ethyl adjacent to an activating group) is 1. The van der Waals surface area contributed by atoms with Crippen LogP contribution in [0.3, 0.4) is 0 Å². The van der Waals surface area contributed by atoms with Gasteiger partial charge in [-0.1, -0.05) is 18.7 Å². The third-order valence-electron chi connectivity index (χ3n) is 6.22. The number of alkyl halides is 3. The Kier molecular flexibility index (Phi) is 8.73. The minimum absolute atomic E-state index is 0.00987. The van der Waals surface area contributed by atoms with Crippen LogP contribution in [0.4, 0.5) is 28.9 Å². The van der Waals surface area contributed by atoms with E-state index in [0.717, 1.165) is 28.3 Å². The highest BCUT2D eigenvalue weighted by molar-refractivity contribution is 7.10. The zero-order valence-corrected chi connectivity index (χ0v) is 22.3. The number of hydrogen-bond acceptors (Lipinski definition) is 8. The Morgan fingerprint density at radius 2 is 2.00 bits per heavy atom. The van der Waals surface area contributed by atoms with Crippen molar-refractivity contribution in [1.82, 2.24) is 25.7 Å². The number of thiazole rings is 1. The van der Waals surface area contributed by atoms with Gasteiger partial charge in [-0.25, -0.2) is 4.39 Å². The first kappa shape index (κ1) is 28.3. The number of anilines is 2. The second kappa shape index (κ2) is 12.0. The number of nitrogens with zero attached hydrogens (tertiary/aromatic N) is 4. The third kappa shape index (κ3) is 7.46. The summed E-state index contributed by atoms with van der Waals surface area (Å²) in [6, 6.07) is 5.11. The minimum atomic E-state index is -4.53. The molecule has 2 aliphatic heterocycles. The molecule has 1 amide bonds. The number of hydrazine groups is 2. The number of amides is 1. The molecule has 0 unspecified atom stereocenters. The first-order chi connectivity index (χ1) is 18.5. The second-order valence-electron chi connectivity index (χ2n) is 9.17. The Morgan fingerprint density at radius 1 is 1.26 bits per heavy atom. The number of aromatic nitrogens is 1. The Bertz CT molecular complexity index is 1300. The van der Waals surface area contributed by atoms with Crippen LogP contribution in [0, 0.1) is 6.92 Å². The van der Waals surface area contributed by atoms with Gasteiger partial charge >= 0.3 is 6.18 Å². The molecule has 0 bridgehead atoms. The molecule has 0 aliphatic carbocycles. The van der Waals surface area contributed by atoms with Gasteiger partial charge in [0.05, 0.1) is 33.9 Å². The lowest BCUT2D eigenvalue weighted by atomic mass is 10.1. The molecule has 1 aromatic carbocycles. The van der Waals surface area contributed by atoms with Crippen molar-refractivity contribution >= 4 is 34.3 Å². The SMILES string of the molecule is C=C(F)/C(=C\C(=C/CC(F)(F)F)C(=O)Nc1ccc(C)c(N2C=C(c3cncs3)NN2)c1)N1CCN(C)CC1. The zero-order chi connectivity index (χ0) is 28.2. The molecule has 8 nitrogen and oxygen atoms in total. The summed E-state index contributed by atoms with van der Waals surface area (Å²) in [4.78, 5) is 21.9. The van der Waals surface area contributed by atoms with Gasteiger partial charge < -0.3 is 20.5 Å². The van der Waals surface area contributed by atoms with Gasteiger partial charge in [0.25, 0.3) is 5.91 Å². The van der Waals surface area contributed by atoms with Crippen molar-refractivity contribution in [3.05, 3.63) is 82.4 Å². The lowest BCUT2D eigenvalue weighted by molar-refractivity contribution is -0.125. The first-order valence-corrected chi connectivity index (χ1v) is 13.0. The number of aryl methyl sites for hydroxylation is 1. The average molecular weight is 564 g/mol. The number of benzene rings is 1. The standard InChI is InChI=1S/C26H29F4N7OS/c1-17-4-5-20(13-22(17)37-15-21(33-34-37)24-14-31-16-39-24)32-25(38)19(6-7-26(28,29)30)12-23(18(2)27)36-10-8-35(3)9-11-36/h4-6,12-16,33-34H,2,7-11H2,1,3H3,(H,32,38)/b19-6+,23-12+. The lowest BCUT2D eigenvalue weighted by Crippen LogP contribution is -2.44. The highest BCUT2D eigenvalue weighted by Gasteiger charge is 2.27. The fourth-order valence-corrected chi connectivity index (χ4v) is 4.63. The largest absolute Gasteiger partial charge is 0.392 e. The van der Waals surface area contributed by atoms with Gasteiger partial charge in [-0.05, 0) is 37.7 Å². The van der Waals surface area contributed by atoms with Crippen LogP contribution in [-0.2, 0) is 4.79 Å². The van der Waals surface area contributed by atoms with E-state index in [1.807, 2.05) is 20.2 Å². The Morgan fingerprint density at radius 3 is 2.64 bits per heavy atom. The lowest BCUT2D eigenvalue weighted by Gasteiger charge is -2.35. The number of piperazine rings is 1. The molecule has 2 aromatic rings. The maximum absolute atomic E-state index is 14.4. The number of allylic oxidation sites excluding steroid dienone is 2. The van der Waals surface area contributed by atoms with Crippen molar-refractivity contribution in [2.45, 2.75) is 19.5 Å². The predicted molar refractivity (Wildman–Crippen MR) is 145 cm³/mol. The van der Waals surface area contributed by atoms with Crippen molar-refractivity contribution < 1.29 is 22.4 Å². The van der Waals surface area contributed by atoms with E-state index in [9.17, 15) is 22.4 Å². The van der Waals surface area contributed by atoms with E-state index in [1.165, 1.54) is 11.3 Å². The summed E-state index contributed by atoms with van der Waals surface area (Å²) in [6.45, 7) is 7.42. The summed E-state index contributed by atoms with van der Waals surface area (Å²) in [5.41, 5.74) is 10.2. The van der Waals surface area contributed by atoms with Crippen molar-refractivity contribution in [2.75, 3.05) is 43.6 Å². The summed E-state index contributed by atoms with van der Waals surface area (Å²) in [5, 5.41) is 4.38. The zero-order valence-electron chi connectivity index (χ0n) is 21.5. The van der Waals surface area contributed by atoms with Crippen LogP contribution >= 0.6 is 11.3 Å². The van der Waals surface area contributed by atoms with Crippen LogP contribution in [0.25, 0.3) is 5.70 Å². The van der Waals surface area contributed by atoms with Crippen LogP contribution in [0.2, 0.25) is 0 Å². The maximum atomic E-state index is 14.4. The average Bonchev–Trinajstić information content (AvgIpc) is 3.57. The van der Waals surface area contributed by atoms with Gasteiger partial charge in [0.15, 0.2) is 0 Å². The van der Waals surface area contributed by atoms with Crippen LogP contribution in [-0.4, -0.2) is 60.1 Å². The number of rotatable bonds is 8. The molecular weight excluding hydrogens is 534 g/mol. The van der Waals surface area contributed by atoms with Crippen molar-refractivity contribution in [3.8, 4) is 0 Å². The fraction of sp³-hybridized carbons (Fsp3) is 0.308. The first-order valence-electron chi connectivity index (χ1n) is 12.1. The van der Waals surface area contributed by atoms with Crippen LogP contribution in [0.1, 0.15) is 16.9 Å². The normalized spacial score (nSPS) is 17.2. The molecule has 1 saturated heterocycles. The van der Waals surface area contributed by atoms with Crippen LogP contribution in [0.15, 0.2) is 71.9 Å². The molecule has 208 valence electrons. The van der Waals surface area contributed by atoms with E-state index in [2.05, 4.69) is 32.7 Å². The predicted octanol–water partition coefficient (Wildman–Crippen LogP) is 4.71. The van der Waals surface area contributed by atoms with Gasteiger partial charge in [-0.15, -0.1) is 16.9 Å². The van der Waals surface area contributed by atoms with E-state index in [0.29, 0.717) is 37.6 Å². The van der Waals surface area contributed by atoms with E-state index < -0.39 is 24.3 Å². The number of carbonyl (C=O) groups is 1. The summed E-state index contributed by atoms with van der Waals surface area (Å²) in [7, 11) is 1.92. The quantitative estimate of drug-likeness (QED) is 0.244. The molecule has 0 saturated carbocycles. The smallest absolute Gasteiger partial charge is 0.367 e. The number of halogens is 4. The summed E-state index contributed by atoms with van der Waals surface area (Å²) in [6.07, 6.45) is -0.418. The highest BCUT2D eigenvalue weighted by Crippen LogP contribution is 2.29. The molecule has 13 heteroatoms. The van der Waals surface area contributed by atoms with Gasteiger partial charge in [-0.2, -0.15) is 13.2 Å². The number of nitrogens with one attached hydrogen (secondary N) is 3. The molecular formula is C26H29F4N7OS. The maximum Gasteiger partial charge on any atom is 0.392 e.